The number of amides is 1. The maximum absolute atomic E-state index is 12.2. The Morgan fingerprint density at radius 3 is 2.67 bits per heavy atom. The van der Waals surface area contributed by atoms with Crippen LogP contribution in [0.5, 0.6) is 0 Å². The molecular weight excluding hydrogens is 232 g/mol. The summed E-state index contributed by atoms with van der Waals surface area (Å²) in [6.45, 7) is 7.34. The number of ether oxygens (including phenoxy) is 1. The third-order valence-corrected chi connectivity index (χ3v) is 3.90. The third kappa shape index (κ3) is 3.43. The van der Waals surface area contributed by atoms with Crippen LogP contribution in [0.4, 0.5) is 0 Å². The number of hydrogen-bond acceptors (Lipinski definition) is 4. The minimum Gasteiger partial charge on any atom is -0.392 e. The number of piperazine rings is 1. The molecule has 104 valence electrons. The fourth-order valence-electron chi connectivity index (χ4n) is 2.57. The van der Waals surface area contributed by atoms with Crippen molar-refractivity contribution in [3.05, 3.63) is 0 Å². The number of hydrogen-bond donors (Lipinski definition) is 1. The van der Waals surface area contributed by atoms with Crippen molar-refractivity contribution in [1.29, 1.82) is 0 Å². The minimum absolute atomic E-state index is 0.0813. The molecule has 1 amide bonds. The highest BCUT2D eigenvalue weighted by atomic mass is 16.5. The molecule has 2 heterocycles. The predicted molar refractivity (Wildman–Crippen MR) is 68.2 cm³/mol. The fraction of sp³-hybridized carbons (Fsp3) is 0.923. The molecule has 0 aromatic carbocycles. The second kappa shape index (κ2) is 6.50. The molecule has 2 rings (SSSR count). The van der Waals surface area contributed by atoms with Crippen molar-refractivity contribution >= 4 is 5.91 Å². The van der Waals surface area contributed by atoms with Crippen LogP contribution in [0.1, 0.15) is 19.8 Å². The maximum Gasteiger partial charge on any atom is 0.228 e. The van der Waals surface area contributed by atoms with E-state index in [0.29, 0.717) is 6.61 Å². The van der Waals surface area contributed by atoms with E-state index in [2.05, 4.69) is 4.90 Å². The summed E-state index contributed by atoms with van der Waals surface area (Å²) in [5, 5.41) is 9.62. The van der Waals surface area contributed by atoms with Crippen LogP contribution in [0.15, 0.2) is 0 Å². The van der Waals surface area contributed by atoms with Crippen LogP contribution in [-0.2, 0) is 9.53 Å². The molecule has 2 fully saturated rings. The molecule has 0 unspecified atom stereocenters. The summed E-state index contributed by atoms with van der Waals surface area (Å²) in [4.78, 5) is 16.4. The zero-order chi connectivity index (χ0) is 13.0. The molecule has 2 saturated heterocycles. The lowest BCUT2D eigenvalue weighted by Gasteiger charge is -2.36. The van der Waals surface area contributed by atoms with Crippen molar-refractivity contribution in [3.8, 4) is 0 Å². The molecule has 18 heavy (non-hydrogen) atoms. The van der Waals surface area contributed by atoms with E-state index in [9.17, 15) is 9.90 Å². The monoisotopic (exact) mass is 256 g/mol. The van der Waals surface area contributed by atoms with Crippen molar-refractivity contribution in [2.45, 2.75) is 25.9 Å². The zero-order valence-electron chi connectivity index (χ0n) is 11.2. The minimum atomic E-state index is -0.240. The van der Waals surface area contributed by atoms with Crippen molar-refractivity contribution in [2.24, 2.45) is 5.92 Å². The summed E-state index contributed by atoms with van der Waals surface area (Å²) >= 11 is 0. The Hall–Kier alpha value is -0.650. The maximum atomic E-state index is 12.2. The molecule has 2 aliphatic heterocycles. The summed E-state index contributed by atoms with van der Waals surface area (Å²) < 4.78 is 5.27. The van der Waals surface area contributed by atoms with Gasteiger partial charge in [-0.05, 0) is 12.8 Å². The van der Waals surface area contributed by atoms with Gasteiger partial charge in [0.2, 0.25) is 5.91 Å². The quantitative estimate of drug-likeness (QED) is 0.765. The largest absolute Gasteiger partial charge is 0.392 e. The summed E-state index contributed by atoms with van der Waals surface area (Å²) in [5.41, 5.74) is 0. The van der Waals surface area contributed by atoms with Gasteiger partial charge >= 0.3 is 0 Å². The average molecular weight is 256 g/mol. The number of β-amino-alcohol motifs (C(OH)–C–C–N with tert-alkyl or cyclic N) is 1. The molecule has 2 atom stereocenters. The third-order valence-electron chi connectivity index (χ3n) is 3.90. The first-order valence-electron chi connectivity index (χ1n) is 6.97. The molecule has 0 radical (unpaired) electrons. The van der Waals surface area contributed by atoms with Gasteiger partial charge in [0.1, 0.15) is 0 Å². The van der Waals surface area contributed by atoms with Crippen molar-refractivity contribution in [3.63, 3.8) is 0 Å². The SMILES string of the molecule is CC[C@@H](O)CN1CCN(C(=O)[C@@H]2CCOC2)CC1. The first-order chi connectivity index (χ1) is 8.70. The van der Waals surface area contributed by atoms with Gasteiger partial charge in [-0.25, -0.2) is 0 Å². The van der Waals surface area contributed by atoms with Gasteiger partial charge in [-0.3, -0.25) is 9.69 Å². The van der Waals surface area contributed by atoms with Crippen LogP contribution in [-0.4, -0.2) is 72.9 Å². The molecule has 0 aromatic rings. The van der Waals surface area contributed by atoms with Crippen molar-refractivity contribution in [2.75, 3.05) is 45.9 Å². The van der Waals surface area contributed by atoms with E-state index in [1.807, 2.05) is 11.8 Å². The highest BCUT2D eigenvalue weighted by Crippen LogP contribution is 2.16. The Kier molecular flexibility index (Phi) is 4.97. The Bertz CT molecular complexity index is 271. The summed E-state index contributed by atoms with van der Waals surface area (Å²) in [6, 6.07) is 0. The Labute approximate surface area is 109 Å². The van der Waals surface area contributed by atoms with E-state index in [4.69, 9.17) is 4.74 Å². The molecular formula is C13H24N2O3. The smallest absolute Gasteiger partial charge is 0.228 e. The van der Waals surface area contributed by atoms with Gasteiger partial charge in [0.15, 0.2) is 0 Å². The standard InChI is InChI=1S/C13H24N2O3/c1-2-12(16)9-14-4-6-15(7-5-14)13(17)11-3-8-18-10-11/h11-12,16H,2-10H2,1H3/t11-,12-/m1/s1. The topological polar surface area (TPSA) is 53.0 Å². The molecule has 0 aromatic heterocycles. The molecule has 0 aliphatic carbocycles. The Morgan fingerprint density at radius 1 is 1.39 bits per heavy atom. The second-order valence-electron chi connectivity index (χ2n) is 5.25. The van der Waals surface area contributed by atoms with E-state index in [1.54, 1.807) is 0 Å². The normalized spacial score (nSPS) is 27.4. The molecule has 0 bridgehead atoms. The van der Waals surface area contributed by atoms with Crippen LogP contribution in [0.25, 0.3) is 0 Å². The predicted octanol–water partition coefficient (Wildman–Crippen LogP) is -0.0620. The van der Waals surface area contributed by atoms with Gasteiger partial charge in [-0.15, -0.1) is 0 Å². The molecule has 5 nitrogen and oxygen atoms in total. The number of rotatable bonds is 4. The van der Waals surface area contributed by atoms with Gasteiger partial charge in [0, 0.05) is 39.3 Å². The first kappa shape index (κ1) is 13.8. The first-order valence-corrected chi connectivity index (χ1v) is 6.97. The second-order valence-corrected chi connectivity index (χ2v) is 5.25. The zero-order valence-corrected chi connectivity index (χ0v) is 11.2. The summed E-state index contributed by atoms with van der Waals surface area (Å²) in [6.07, 6.45) is 1.42. The van der Waals surface area contributed by atoms with Crippen LogP contribution in [0.3, 0.4) is 0 Å². The van der Waals surface area contributed by atoms with Gasteiger partial charge in [-0.2, -0.15) is 0 Å². The molecule has 0 spiro atoms. The number of carbonyl (C=O) groups is 1. The van der Waals surface area contributed by atoms with Crippen LogP contribution >= 0.6 is 0 Å². The summed E-state index contributed by atoms with van der Waals surface area (Å²) in [7, 11) is 0. The molecule has 0 saturated carbocycles. The average Bonchev–Trinajstić information content (AvgIpc) is 2.92. The number of nitrogens with zero attached hydrogens (tertiary/aromatic N) is 2. The highest BCUT2D eigenvalue weighted by Gasteiger charge is 2.30. The molecule has 5 heteroatoms. The van der Waals surface area contributed by atoms with E-state index in [1.165, 1.54) is 0 Å². The highest BCUT2D eigenvalue weighted by molar-refractivity contribution is 5.79. The fourth-order valence-corrected chi connectivity index (χ4v) is 2.57. The van der Waals surface area contributed by atoms with E-state index >= 15 is 0 Å². The number of aliphatic hydroxyl groups excluding tert-OH is 1. The number of aliphatic hydroxyl groups is 1. The number of carbonyl (C=O) groups excluding carboxylic acids is 1. The van der Waals surface area contributed by atoms with Crippen LogP contribution < -0.4 is 0 Å². The van der Waals surface area contributed by atoms with Crippen molar-refractivity contribution in [1.82, 2.24) is 9.80 Å². The van der Waals surface area contributed by atoms with Gasteiger partial charge in [0.25, 0.3) is 0 Å². The Morgan fingerprint density at radius 2 is 2.11 bits per heavy atom. The lowest BCUT2D eigenvalue weighted by Crippen LogP contribution is -2.51. The summed E-state index contributed by atoms with van der Waals surface area (Å²) in [5.74, 6) is 0.334. The van der Waals surface area contributed by atoms with Crippen LogP contribution in [0.2, 0.25) is 0 Å². The van der Waals surface area contributed by atoms with Gasteiger partial charge in [-0.1, -0.05) is 6.92 Å². The lowest BCUT2D eigenvalue weighted by atomic mass is 10.1. The van der Waals surface area contributed by atoms with Crippen LogP contribution in [0, 0.1) is 5.92 Å². The molecule has 2 aliphatic rings. The van der Waals surface area contributed by atoms with E-state index < -0.39 is 0 Å². The van der Waals surface area contributed by atoms with Gasteiger partial charge < -0.3 is 14.7 Å². The Balaban J connectivity index is 1.74. The molecule has 1 N–H and O–H groups in total. The van der Waals surface area contributed by atoms with Crippen molar-refractivity contribution < 1.29 is 14.6 Å². The van der Waals surface area contributed by atoms with E-state index in [0.717, 1.165) is 52.2 Å². The van der Waals surface area contributed by atoms with E-state index in [-0.39, 0.29) is 17.9 Å². The van der Waals surface area contributed by atoms with Gasteiger partial charge in [0.05, 0.1) is 18.6 Å². The lowest BCUT2D eigenvalue weighted by molar-refractivity contribution is -0.137.